The van der Waals surface area contributed by atoms with E-state index in [0.717, 1.165) is 10.1 Å². The Bertz CT molecular complexity index is 762. The lowest BCUT2D eigenvalue weighted by Crippen LogP contribution is -2.12. The van der Waals surface area contributed by atoms with E-state index in [9.17, 15) is 4.79 Å². The first-order chi connectivity index (χ1) is 9.63. The number of nitrogens with zero attached hydrogens (tertiary/aromatic N) is 1. The van der Waals surface area contributed by atoms with Crippen LogP contribution in [0.4, 0.5) is 11.5 Å². The molecule has 0 radical (unpaired) electrons. The van der Waals surface area contributed by atoms with Gasteiger partial charge in [-0.1, -0.05) is 18.2 Å². The van der Waals surface area contributed by atoms with Gasteiger partial charge in [-0.05, 0) is 36.6 Å². The second-order valence-electron chi connectivity index (χ2n) is 4.47. The third kappa shape index (κ3) is 2.35. The topological polar surface area (TPSA) is 68.0 Å². The van der Waals surface area contributed by atoms with E-state index in [2.05, 4.69) is 10.3 Å². The van der Waals surface area contributed by atoms with E-state index >= 15 is 0 Å². The van der Waals surface area contributed by atoms with Gasteiger partial charge in [0, 0.05) is 4.70 Å². The summed E-state index contributed by atoms with van der Waals surface area (Å²) in [7, 11) is 0. The number of hydrogen-bond donors (Lipinski definition) is 2. The molecule has 0 fully saturated rings. The number of carbonyl (C=O) groups excluding carboxylic acids is 1. The number of anilines is 2. The van der Waals surface area contributed by atoms with Crippen molar-refractivity contribution in [2.45, 2.75) is 6.92 Å². The molecule has 2 heterocycles. The Morgan fingerprint density at radius 3 is 2.80 bits per heavy atom. The van der Waals surface area contributed by atoms with Gasteiger partial charge in [0.15, 0.2) is 0 Å². The summed E-state index contributed by atoms with van der Waals surface area (Å²) in [5, 5.41) is 3.95. The first-order valence-corrected chi connectivity index (χ1v) is 6.98. The number of aromatic nitrogens is 1. The van der Waals surface area contributed by atoms with Gasteiger partial charge in [-0.15, -0.1) is 11.3 Å². The van der Waals surface area contributed by atoms with E-state index in [-0.39, 0.29) is 5.91 Å². The predicted molar refractivity (Wildman–Crippen MR) is 83.2 cm³/mol. The first kappa shape index (κ1) is 12.6. The molecule has 0 saturated carbocycles. The molecule has 4 nitrogen and oxygen atoms in total. The van der Waals surface area contributed by atoms with Crippen molar-refractivity contribution < 1.29 is 4.79 Å². The average molecular weight is 283 g/mol. The number of benzene rings is 1. The Hall–Kier alpha value is -2.40. The SMILES string of the molecule is Cc1nc(N)ccc1NC(=O)c1cc2ccccc2s1. The minimum Gasteiger partial charge on any atom is -0.384 e. The maximum absolute atomic E-state index is 12.3. The number of pyridine rings is 1. The molecular formula is C15H13N3OS. The van der Waals surface area contributed by atoms with Gasteiger partial charge >= 0.3 is 0 Å². The largest absolute Gasteiger partial charge is 0.384 e. The van der Waals surface area contributed by atoms with Crippen molar-refractivity contribution in [2.75, 3.05) is 11.1 Å². The summed E-state index contributed by atoms with van der Waals surface area (Å²) in [5.74, 6) is 0.322. The minimum atomic E-state index is -0.124. The van der Waals surface area contributed by atoms with Gasteiger partial charge in [-0.25, -0.2) is 4.98 Å². The summed E-state index contributed by atoms with van der Waals surface area (Å²) >= 11 is 1.48. The van der Waals surface area contributed by atoms with Crippen molar-refractivity contribution in [1.82, 2.24) is 4.98 Å². The summed E-state index contributed by atoms with van der Waals surface area (Å²) < 4.78 is 1.10. The summed E-state index contributed by atoms with van der Waals surface area (Å²) in [6, 6.07) is 13.3. The Balaban J connectivity index is 1.89. The number of fused-ring (bicyclic) bond motifs is 1. The van der Waals surface area contributed by atoms with Gasteiger partial charge in [0.2, 0.25) is 0 Å². The molecule has 5 heteroatoms. The molecule has 0 atom stereocenters. The van der Waals surface area contributed by atoms with Crippen molar-refractivity contribution >= 4 is 38.8 Å². The van der Waals surface area contributed by atoms with Crippen LogP contribution in [0.15, 0.2) is 42.5 Å². The lowest BCUT2D eigenvalue weighted by Gasteiger charge is -2.06. The molecule has 0 unspecified atom stereocenters. The summed E-state index contributed by atoms with van der Waals surface area (Å²) in [6.07, 6.45) is 0. The van der Waals surface area contributed by atoms with Crippen LogP contribution >= 0.6 is 11.3 Å². The number of rotatable bonds is 2. The number of amides is 1. The lowest BCUT2D eigenvalue weighted by molar-refractivity contribution is 0.103. The second-order valence-corrected chi connectivity index (χ2v) is 5.56. The highest BCUT2D eigenvalue weighted by atomic mass is 32.1. The minimum absolute atomic E-state index is 0.124. The van der Waals surface area contributed by atoms with E-state index in [0.29, 0.717) is 22.1 Å². The molecular weight excluding hydrogens is 270 g/mol. The monoisotopic (exact) mass is 283 g/mol. The van der Waals surface area contributed by atoms with E-state index < -0.39 is 0 Å². The van der Waals surface area contributed by atoms with Crippen molar-refractivity contribution in [1.29, 1.82) is 0 Å². The first-order valence-electron chi connectivity index (χ1n) is 6.16. The van der Waals surface area contributed by atoms with Crippen LogP contribution in [0.2, 0.25) is 0 Å². The van der Waals surface area contributed by atoms with Crippen LogP contribution in [0.5, 0.6) is 0 Å². The van der Waals surface area contributed by atoms with Crippen LogP contribution in [-0.4, -0.2) is 10.9 Å². The van der Waals surface area contributed by atoms with Crippen LogP contribution in [-0.2, 0) is 0 Å². The molecule has 100 valence electrons. The molecule has 3 N–H and O–H groups in total. The van der Waals surface area contributed by atoms with Crippen molar-refractivity contribution in [3.05, 3.63) is 53.0 Å². The zero-order valence-electron chi connectivity index (χ0n) is 10.9. The Kier molecular flexibility index (Phi) is 3.12. The van der Waals surface area contributed by atoms with E-state index in [4.69, 9.17) is 5.73 Å². The van der Waals surface area contributed by atoms with Gasteiger partial charge in [-0.2, -0.15) is 0 Å². The fraction of sp³-hybridized carbons (Fsp3) is 0.0667. The normalized spacial score (nSPS) is 10.7. The number of aryl methyl sites for hydroxylation is 1. The number of hydrogen-bond acceptors (Lipinski definition) is 4. The summed E-state index contributed by atoms with van der Waals surface area (Å²) in [5.41, 5.74) is 6.99. The van der Waals surface area contributed by atoms with Crippen LogP contribution in [0.25, 0.3) is 10.1 Å². The maximum atomic E-state index is 12.3. The molecule has 0 bridgehead atoms. The molecule has 3 rings (SSSR count). The number of nitrogen functional groups attached to an aromatic ring is 1. The fourth-order valence-corrected chi connectivity index (χ4v) is 2.95. The van der Waals surface area contributed by atoms with Gasteiger partial charge in [0.25, 0.3) is 5.91 Å². The summed E-state index contributed by atoms with van der Waals surface area (Å²) in [4.78, 5) is 17.1. The molecule has 0 saturated heterocycles. The van der Waals surface area contributed by atoms with Gasteiger partial charge < -0.3 is 11.1 Å². The zero-order chi connectivity index (χ0) is 14.1. The van der Waals surface area contributed by atoms with E-state index in [1.54, 1.807) is 12.1 Å². The highest BCUT2D eigenvalue weighted by Gasteiger charge is 2.11. The molecule has 3 aromatic rings. The highest BCUT2D eigenvalue weighted by Crippen LogP contribution is 2.26. The van der Waals surface area contributed by atoms with Crippen LogP contribution in [0.3, 0.4) is 0 Å². The van der Waals surface area contributed by atoms with E-state index in [1.807, 2.05) is 37.3 Å². The molecule has 1 amide bonds. The van der Waals surface area contributed by atoms with Gasteiger partial charge in [0.05, 0.1) is 16.3 Å². The Labute approximate surface area is 120 Å². The molecule has 20 heavy (non-hydrogen) atoms. The predicted octanol–water partition coefficient (Wildman–Crippen LogP) is 3.44. The van der Waals surface area contributed by atoms with Crippen LogP contribution in [0.1, 0.15) is 15.4 Å². The molecule has 0 spiro atoms. The third-order valence-electron chi connectivity index (χ3n) is 3.00. The fourth-order valence-electron chi connectivity index (χ4n) is 1.99. The van der Waals surface area contributed by atoms with Crippen molar-refractivity contribution in [3.63, 3.8) is 0 Å². The standard InChI is InChI=1S/C15H13N3OS/c1-9-11(6-7-14(16)17-9)18-15(19)13-8-10-4-2-3-5-12(10)20-13/h2-8H,1H3,(H2,16,17)(H,18,19). The molecule has 0 aliphatic carbocycles. The zero-order valence-corrected chi connectivity index (χ0v) is 11.7. The molecule has 0 aliphatic heterocycles. The van der Waals surface area contributed by atoms with Crippen LogP contribution < -0.4 is 11.1 Å². The van der Waals surface area contributed by atoms with E-state index in [1.165, 1.54) is 11.3 Å². The molecule has 0 aliphatic rings. The third-order valence-corrected chi connectivity index (χ3v) is 4.12. The van der Waals surface area contributed by atoms with Crippen molar-refractivity contribution in [3.8, 4) is 0 Å². The Morgan fingerprint density at radius 1 is 1.25 bits per heavy atom. The quantitative estimate of drug-likeness (QED) is 0.757. The lowest BCUT2D eigenvalue weighted by atomic mass is 10.2. The Morgan fingerprint density at radius 2 is 2.05 bits per heavy atom. The van der Waals surface area contributed by atoms with Gasteiger partial charge in [-0.3, -0.25) is 4.79 Å². The highest BCUT2D eigenvalue weighted by molar-refractivity contribution is 7.20. The average Bonchev–Trinajstić information content (AvgIpc) is 2.86. The second kappa shape index (κ2) is 4.94. The maximum Gasteiger partial charge on any atom is 0.265 e. The van der Waals surface area contributed by atoms with Crippen LogP contribution in [0, 0.1) is 6.92 Å². The molecule has 1 aromatic carbocycles. The number of carbonyl (C=O) groups is 1. The number of nitrogens with two attached hydrogens (primary N) is 1. The van der Waals surface area contributed by atoms with Gasteiger partial charge in [0.1, 0.15) is 5.82 Å². The number of nitrogens with one attached hydrogen (secondary N) is 1. The smallest absolute Gasteiger partial charge is 0.265 e. The van der Waals surface area contributed by atoms with Crippen molar-refractivity contribution in [2.24, 2.45) is 0 Å². The number of thiophene rings is 1. The molecule has 2 aromatic heterocycles. The summed E-state index contributed by atoms with van der Waals surface area (Å²) in [6.45, 7) is 1.82.